The van der Waals surface area contributed by atoms with Crippen LogP contribution in [0.25, 0.3) is 0 Å². The number of carbonyl (C=O) groups is 2. The summed E-state index contributed by atoms with van der Waals surface area (Å²) in [6.07, 6.45) is 1.50. The molecule has 0 saturated carbocycles. The summed E-state index contributed by atoms with van der Waals surface area (Å²) in [6.45, 7) is 0.267. The summed E-state index contributed by atoms with van der Waals surface area (Å²) in [5, 5.41) is 2.73. The minimum absolute atomic E-state index is 0.0905. The van der Waals surface area contributed by atoms with E-state index in [9.17, 15) is 9.59 Å². The Hall–Kier alpha value is -2.14. The number of hydrogen-bond donors (Lipinski definition) is 1. The van der Waals surface area contributed by atoms with Crippen LogP contribution in [-0.4, -0.2) is 44.4 Å². The molecule has 5 heteroatoms. The second kappa shape index (κ2) is 8.12. The number of rotatable bonds is 7. The first-order chi connectivity index (χ1) is 9.54. The zero-order chi connectivity index (χ0) is 15.0. The maximum Gasteiger partial charge on any atom is 0.256 e. The highest BCUT2D eigenvalue weighted by Crippen LogP contribution is 2.02. The van der Waals surface area contributed by atoms with Gasteiger partial charge in [-0.2, -0.15) is 0 Å². The number of Topliss-reactive ketones (excluding diaryl/α,β-unsaturated/α-hetero) is 1. The highest BCUT2D eigenvalue weighted by molar-refractivity contribution is 6.19. The molecule has 0 aromatic heterocycles. The lowest BCUT2D eigenvalue weighted by Crippen LogP contribution is -2.30. The van der Waals surface area contributed by atoms with E-state index >= 15 is 0 Å². The number of carbonyl (C=O) groups excluding carboxylic acids is 2. The number of ether oxygens (including phenoxy) is 1. The second-order valence-corrected chi connectivity index (χ2v) is 4.53. The Morgan fingerprint density at radius 3 is 2.45 bits per heavy atom. The Kier molecular flexibility index (Phi) is 6.46. The minimum atomic E-state index is -0.399. The normalized spacial score (nSPS) is 11.1. The molecule has 0 bridgehead atoms. The molecule has 0 aliphatic carbocycles. The predicted octanol–water partition coefficient (Wildman–Crippen LogP) is 0.964. The molecular weight excluding hydrogens is 256 g/mol. The first-order valence-electron chi connectivity index (χ1n) is 6.27. The van der Waals surface area contributed by atoms with E-state index in [2.05, 4.69) is 5.32 Å². The highest BCUT2D eigenvalue weighted by Gasteiger charge is 2.18. The summed E-state index contributed by atoms with van der Waals surface area (Å²) in [6, 6.07) is 9.52. The lowest BCUT2D eigenvalue weighted by atomic mass is 10.1. The molecule has 0 aliphatic rings. The molecule has 0 radical (unpaired) electrons. The van der Waals surface area contributed by atoms with Gasteiger partial charge in [-0.05, 0) is 5.56 Å². The molecule has 20 heavy (non-hydrogen) atoms. The first kappa shape index (κ1) is 15.9. The van der Waals surface area contributed by atoms with Gasteiger partial charge in [0.05, 0.1) is 0 Å². The highest BCUT2D eigenvalue weighted by atomic mass is 16.5. The van der Waals surface area contributed by atoms with Crippen LogP contribution < -0.4 is 5.32 Å². The average Bonchev–Trinajstić information content (AvgIpc) is 2.43. The van der Waals surface area contributed by atoms with Crippen LogP contribution in [0.2, 0.25) is 0 Å². The van der Waals surface area contributed by atoms with Gasteiger partial charge in [-0.25, -0.2) is 0 Å². The van der Waals surface area contributed by atoms with Crippen LogP contribution in [0.5, 0.6) is 0 Å². The zero-order valence-corrected chi connectivity index (χ0v) is 12.1. The molecule has 1 N–H and O–H groups in total. The van der Waals surface area contributed by atoms with Crippen LogP contribution in [0.4, 0.5) is 0 Å². The summed E-state index contributed by atoms with van der Waals surface area (Å²) < 4.78 is 4.79. The molecule has 0 fully saturated rings. The van der Waals surface area contributed by atoms with Gasteiger partial charge in [0.1, 0.15) is 12.2 Å². The van der Waals surface area contributed by atoms with Crippen molar-refractivity contribution in [3.8, 4) is 0 Å². The number of ketones is 1. The van der Waals surface area contributed by atoms with Crippen molar-refractivity contribution in [1.29, 1.82) is 0 Å². The van der Waals surface area contributed by atoms with Gasteiger partial charge >= 0.3 is 0 Å². The van der Waals surface area contributed by atoms with E-state index in [1.165, 1.54) is 13.3 Å². The topological polar surface area (TPSA) is 58.6 Å². The number of benzene rings is 1. The van der Waals surface area contributed by atoms with E-state index in [-0.39, 0.29) is 18.0 Å². The maximum absolute atomic E-state index is 12.1. The standard InChI is InChI=1S/C15H20N2O3/c1-17(2)10-13(14(18)11-20-3)15(19)16-9-12-7-5-4-6-8-12/h4-8,10H,9,11H2,1-3H3,(H,16,19)/b13-10-. The lowest BCUT2D eigenvalue weighted by Gasteiger charge is -2.11. The minimum Gasteiger partial charge on any atom is -0.383 e. The van der Waals surface area contributed by atoms with Gasteiger partial charge < -0.3 is 15.0 Å². The molecule has 0 unspecified atom stereocenters. The average molecular weight is 276 g/mol. The van der Waals surface area contributed by atoms with E-state index in [0.29, 0.717) is 6.54 Å². The van der Waals surface area contributed by atoms with Gasteiger partial charge in [0, 0.05) is 33.9 Å². The van der Waals surface area contributed by atoms with Crippen LogP contribution >= 0.6 is 0 Å². The molecule has 1 aromatic carbocycles. The fourth-order valence-corrected chi connectivity index (χ4v) is 1.60. The van der Waals surface area contributed by atoms with Gasteiger partial charge in [0.15, 0.2) is 5.78 Å². The van der Waals surface area contributed by atoms with E-state index in [1.54, 1.807) is 19.0 Å². The summed E-state index contributed by atoms with van der Waals surface area (Å²) in [5.74, 6) is -0.739. The number of amides is 1. The molecule has 1 rings (SSSR count). The molecule has 0 atom stereocenters. The number of hydrogen-bond acceptors (Lipinski definition) is 4. The van der Waals surface area contributed by atoms with Crippen molar-refractivity contribution in [1.82, 2.24) is 10.2 Å². The van der Waals surface area contributed by atoms with Crippen molar-refractivity contribution < 1.29 is 14.3 Å². The van der Waals surface area contributed by atoms with Gasteiger partial charge in [0.25, 0.3) is 5.91 Å². The Morgan fingerprint density at radius 1 is 1.25 bits per heavy atom. The second-order valence-electron chi connectivity index (χ2n) is 4.53. The molecule has 108 valence electrons. The van der Waals surface area contributed by atoms with Gasteiger partial charge in [-0.15, -0.1) is 0 Å². The molecule has 0 aliphatic heterocycles. The first-order valence-corrected chi connectivity index (χ1v) is 6.27. The molecule has 1 amide bonds. The SMILES string of the molecule is COCC(=O)/C(=C/N(C)C)C(=O)NCc1ccccc1. The van der Waals surface area contributed by atoms with Crippen LogP contribution in [0.3, 0.4) is 0 Å². The van der Waals surface area contributed by atoms with E-state index < -0.39 is 5.91 Å². The predicted molar refractivity (Wildman–Crippen MR) is 76.9 cm³/mol. The van der Waals surface area contributed by atoms with Crippen molar-refractivity contribution in [3.05, 3.63) is 47.7 Å². The summed E-state index contributed by atoms with van der Waals surface area (Å²) in [4.78, 5) is 25.6. The Bertz CT molecular complexity index is 481. The van der Waals surface area contributed by atoms with Crippen LogP contribution in [-0.2, 0) is 20.9 Å². The van der Waals surface area contributed by atoms with Crippen LogP contribution in [0, 0.1) is 0 Å². The fourth-order valence-electron chi connectivity index (χ4n) is 1.60. The number of methoxy groups -OCH3 is 1. The lowest BCUT2D eigenvalue weighted by molar-refractivity contribution is -0.124. The quantitative estimate of drug-likeness (QED) is 0.458. The molecule has 0 spiro atoms. The molecule has 5 nitrogen and oxygen atoms in total. The molecule has 1 aromatic rings. The molecular formula is C15H20N2O3. The largest absolute Gasteiger partial charge is 0.383 e. The Balaban J connectivity index is 2.71. The third-order valence-corrected chi connectivity index (χ3v) is 2.50. The summed E-state index contributed by atoms with van der Waals surface area (Å²) in [5.41, 5.74) is 1.07. The van der Waals surface area contributed by atoms with Crippen molar-refractivity contribution in [2.45, 2.75) is 6.54 Å². The molecule has 0 heterocycles. The third kappa shape index (κ3) is 5.24. The monoisotopic (exact) mass is 276 g/mol. The Morgan fingerprint density at radius 2 is 1.90 bits per heavy atom. The summed E-state index contributed by atoms with van der Waals surface area (Å²) in [7, 11) is 4.93. The third-order valence-electron chi connectivity index (χ3n) is 2.50. The fraction of sp³-hybridized carbons (Fsp3) is 0.333. The van der Waals surface area contributed by atoms with Crippen LogP contribution in [0.1, 0.15) is 5.56 Å². The van der Waals surface area contributed by atoms with Gasteiger partial charge in [-0.1, -0.05) is 30.3 Å². The van der Waals surface area contributed by atoms with Gasteiger partial charge in [0.2, 0.25) is 0 Å². The van der Waals surface area contributed by atoms with E-state index in [1.807, 2.05) is 30.3 Å². The number of nitrogens with one attached hydrogen (secondary N) is 1. The van der Waals surface area contributed by atoms with Crippen molar-refractivity contribution in [2.24, 2.45) is 0 Å². The van der Waals surface area contributed by atoms with E-state index in [0.717, 1.165) is 5.56 Å². The smallest absolute Gasteiger partial charge is 0.256 e. The Labute approximate surface area is 119 Å². The van der Waals surface area contributed by atoms with Crippen LogP contribution in [0.15, 0.2) is 42.1 Å². The van der Waals surface area contributed by atoms with Gasteiger partial charge in [-0.3, -0.25) is 9.59 Å². The zero-order valence-electron chi connectivity index (χ0n) is 12.1. The summed E-state index contributed by atoms with van der Waals surface area (Å²) >= 11 is 0. The van der Waals surface area contributed by atoms with Crippen molar-refractivity contribution in [3.63, 3.8) is 0 Å². The molecule has 0 saturated heterocycles. The van der Waals surface area contributed by atoms with Crippen molar-refractivity contribution >= 4 is 11.7 Å². The van der Waals surface area contributed by atoms with Crippen molar-refractivity contribution in [2.75, 3.05) is 27.8 Å². The van der Waals surface area contributed by atoms with E-state index in [4.69, 9.17) is 4.74 Å². The number of nitrogens with zero attached hydrogens (tertiary/aromatic N) is 1. The maximum atomic E-state index is 12.1.